The van der Waals surface area contributed by atoms with Crippen LogP contribution in [0.25, 0.3) is 0 Å². The highest BCUT2D eigenvalue weighted by Crippen LogP contribution is 2.25. The molecule has 0 spiro atoms. The van der Waals surface area contributed by atoms with E-state index < -0.39 is 6.10 Å². The number of aliphatic hydroxyl groups excluding tert-OH is 1. The number of para-hydroxylation sites is 1. The molecule has 2 heteroatoms. The second-order valence-corrected chi connectivity index (χ2v) is 3.56. The summed E-state index contributed by atoms with van der Waals surface area (Å²) in [4.78, 5) is 2.19. The Morgan fingerprint density at radius 3 is 2.67 bits per heavy atom. The molecule has 1 N–H and O–H groups in total. The molecule has 0 bridgehead atoms. The molecule has 2 nitrogen and oxygen atoms in total. The highest BCUT2D eigenvalue weighted by molar-refractivity contribution is 5.54. The number of hydrogen-bond acceptors (Lipinski definition) is 2. The number of benzene rings is 1. The Hall–Kier alpha value is -1.28. The van der Waals surface area contributed by atoms with E-state index in [4.69, 9.17) is 0 Å². The van der Waals surface area contributed by atoms with E-state index in [1.54, 1.807) is 6.92 Å². The van der Waals surface area contributed by atoms with Crippen LogP contribution in [0, 0.1) is 0 Å². The minimum absolute atomic E-state index is 0.430. The van der Waals surface area contributed by atoms with Crippen LogP contribution in [-0.4, -0.2) is 18.2 Å². The Morgan fingerprint density at radius 2 is 2.13 bits per heavy atom. The molecule has 1 atom stereocenters. The molecule has 0 heterocycles. The van der Waals surface area contributed by atoms with Crippen LogP contribution in [0.3, 0.4) is 0 Å². The van der Waals surface area contributed by atoms with Crippen LogP contribution in [0.5, 0.6) is 0 Å². The van der Waals surface area contributed by atoms with Crippen LogP contribution in [-0.2, 0) is 0 Å². The van der Waals surface area contributed by atoms with Crippen molar-refractivity contribution < 1.29 is 5.11 Å². The van der Waals surface area contributed by atoms with Gasteiger partial charge in [-0.1, -0.05) is 24.3 Å². The fraction of sp³-hybridized carbons (Fsp3) is 0.385. The molecule has 0 saturated heterocycles. The molecule has 0 aliphatic rings. The first-order valence-corrected chi connectivity index (χ1v) is 5.33. The maximum absolute atomic E-state index is 9.66. The number of anilines is 1. The van der Waals surface area contributed by atoms with Gasteiger partial charge in [0.15, 0.2) is 0 Å². The Labute approximate surface area is 91.9 Å². The van der Waals surface area contributed by atoms with Crippen LogP contribution < -0.4 is 4.90 Å². The third-order valence-corrected chi connectivity index (χ3v) is 2.46. The zero-order valence-electron chi connectivity index (χ0n) is 9.48. The first-order valence-electron chi connectivity index (χ1n) is 5.33. The monoisotopic (exact) mass is 205 g/mol. The summed E-state index contributed by atoms with van der Waals surface area (Å²) in [5.41, 5.74) is 2.07. The third-order valence-electron chi connectivity index (χ3n) is 2.46. The minimum Gasteiger partial charge on any atom is -0.389 e. The van der Waals surface area contributed by atoms with Crippen LogP contribution in [0.4, 0.5) is 5.69 Å². The van der Waals surface area contributed by atoms with Gasteiger partial charge in [-0.05, 0) is 19.9 Å². The van der Waals surface area contributed by atoms with Crippen molar-refractivity contribution in [2.75, 3.05) is 18.0 Å². The van der Waals surface area contributed by atoms with Crippen molar-refractivity contribution in [2.24, 2.45) is 0 Å². The smallest absolute Gasteiger partial charge is 0.0781 e. The lowest BCUT2D eigenvalue weighted by atomic mass is 10.1. The van der Waals surface area contributed by atoms with E-state index in [1.165, 1.54) is 0 Å². The number of aliphatic hydroxyl groups is 1. The van der Waals surface area contributed by atoms with E-state index in [-0.39, 0.29) is 0 Å². The van der Waals surface area contributed by atoms with Gasteiger partial charge in [0, 0.05) is 24.3 Å². The molecule has 0 aromatic heterocycles. The number of likely N-dealkylation sites (N-methyl/N-ethyl adjacent to an activating group) is 1. The van der Waals surface area contributed by atoms with Crippen LogP contribution in [0.2, 0.25) is 0 Å². The van der Waals surface area contributed by atoms with E-state index in [0.29, 0.717) is 0 Å². The van der Waals surface area contributed by atoms with Gasteiger partial charge in [-0.25, -0.2) is 0 Å². The second-order valence-electron chi connectivity index (χ2n) is 3.56. The summed E-state index contributed by atoms with van der Waals surface area (Å²) >= 11 is 0. The molecular formula is C13H19NO. The van der Waals surface area contributed by atoms with Gasteiger partial charge >= 0.3 is 0 Å². The Morgan fingerprint density at radius 1 is 1.47 bits per heavy atom. The lowest BCUT2D eigenvalue weighted by Crippen LogP contribution is -2.24. The van der Waals surface area contributed by atoms with Crippen molar-refractivity contribution in [3.63, 3.8) is 0 Å². The molecule has 0 saturated carbocycles. The van der Waals surface area contributed by atoms with E-state index >= 15 is 0 Å². The van der Waals surface area contributed by atoms with Gasteiger partial charge in [-0.3, -0.25) is 0 Å². The summed E-state index contributed by atoms with van der Waals surface area (Å²) in [6.45, 7) is 9.35. The second kappa shape index (κ2) is 5.56. The molecule has 1 aromatic carbocycles. The fourth-order valence-electron chi connectivity index (χ4n) is 1.68. The summed E-state index contributed by atoms with van der Waals surface area (Å²) < 4.78 is 0. The lowest BCUT2D eigenvalue weighted by molar-refractivity contribution is 0.199. The van der Waals surface area contributed by atoms with Gasteiger partial charge in [0.1, 0.15) is 0 Å². The molecule has 0 amide bonds. The predicted octanol–water partition coefficient (Wildman–Crippen LogP) is 2.75. The average molecular weight is 205 g/mol. The first-order chi connectivity index (χ1) is 7.20. The molecule has 1 rings (SSSR count). The van der Waals surface area contributed by atoms with E-state index in [2.05, 4.69) is 18.4 Å². The van der Waals surface area contributed by atoms with E-state index in [1.807, 2.05) is 30.3 Å². The molecule has 0 radical (unpaired) electrons. The minimum atomic E-state index is -0.430. The fourth-order valence-corrected chi connectivity index (χ4v) is 1.68. The highest BCUT2D eigenvalue weighted by Gasteiger charge is 2.11. The van der Waals surface area contributed by atoms with Crippen molar-refractivity contribution in [3.05, 3.63) is 42.5 Å². The zero-order chi connectivity index (χ0) is 11.3. The quantitative estimate of drug-likeness (QED) is 0.747. The molecule has 0 fully saturated rings. The maximum Gasteiger partial charge on any atom is 0.0781 e. The average Bonchev–Trinajstić information content (AvgIpc) is 2.26. The van der Waals surface area contributed by atoms with Crippen LogP contribution in [0.15, 0.2) is 36.9 Å². The summed E-state index contributed by atoms with van der Waals surface area (Å²) in [6.07, 6.45) is 1.45. The normalized spacial score (nSPS) is 12.2. The summed E-state index contributed by atoms with van der Waals surface area (Å²) in [6, 6.07) is 7.95. The van der Waals surface area contributed by atoms with Crippen LogP contribution in [0.1, 0.15) is 25.5 Å². The summed E-state index contributed by atoms with van der Waals surface area (Å²) in [5, 5.41) is 9.66. The highest BCUT2D eigenvalue weighted by atomic mass is 16.3. The molecular weight excluding hydrogens is 186 g/mol. The van der Waals surface area contributed by atoms with Crippen molar-refractivity contribution >= 4 is 5.69 Å². The van der Waals surface area contributed by atoms with Crippen molar-refractivity contribution in [2.45, 2.75) is 20.0 Å². The Bertz CT molecular complexity index is 320. The number of rotatable bonds is 5. The topological polar surface area (TPSA) is 23.5 Å². The van der Waals surface area contributed by atoms with Crippen molar-refractivity contribution in [1.82, 2.24) is 0 Å². The summed E-state index contributed by atoms with van der Waals surface area (Å²) in [7, 11) is 0. The van der Waals surface area contributed by atoms with Gasteiger partial charge in [0.2, 0.25) is 0 Å². The lowest BCUT2D eigenvalue weighted by Gasteiger charge is -2.25. The molecule has 15 heavy (non-hydrogen) atoms. The Balaban J connectivity index is 3.04. The van der Waals surface area contributed by atoms with Gasteiger partial charge in [0.25, 0.3) is 0 Å². The van der Waals surface area contributed by atoms with Gasteiger partial charge in [-0.15, -0.1) is 6.58 Å². The summed E-state index contributed by atoms with van der Waals surface area (Å²) in [5.74, 6) is 0. The number of hydrogen-bond donors (Lipinski definition) is 1. The van der Waals surface area contributed by atoms with Crippen molar-refractivity contribution in [3.8, 4) is 0 Å². The van der Waals surface area contributed by atoms with Gasteiger partial charge < -0.3 is 10.0 Å². The Kier molecular flexibility index (Phi) is 4.37. The molecule has 1 unspecified atom stereocenters. The van der Waals surface area contributed by atoms with Gasteiger partial charge in [-0.2, -0.15) is 0 Å². The molecule has 0 aliphatic heterocycles. The standard InChI is InChI=1S/C13H19NO/c1-4-10-14(5-2)13-9-7-6-8-12(13)11(3)15/h4,6-9,11,15H,1,5,10H2,2-3H3. The maximum atomic E-state index is 9.66. The molecule has 82 valence electrons. The van der Waals surface area contributed by atoms with Gasteiger partial charge in [0.05, 0.1) is 6.10 Å². The first kappa shape index (κ1) is 11.8. The molecule has 0 aliphatic carbocycles. The zero-order valence-corrected chi connectivity index (χ0v) is 9.48. The third kappa shape index (κ3) is 2.83. The van der Waals surface area contributed by atoms with E-state index in [0.717, 1.165) is 24.3 Å². The molecule has 1 aromatic rings. The van der Waals surface area contributed by atoms with E-state index in [9.17, 15) is 5.11 Å². The number of nitrogens with zero attached hydrogens (tertiary/aromatic N) is 1. The predicted molar refractivity (Wildman–Crippen MR) is 65.2 cm³/mol. The van der Waals surface area contributed by atoms with Crippen molar-refractivity contribution in [1.29, 1.82) is 0 Å². The SMILES string of the molecule is C=CCN(CC)c1ccccc1C(C)O. The van der Waals surface area contributed by atoms with Crippen LogP contribution >= 0.6 is 0 Å². The largest absolute Gasteiger partial charge is 0.389 e.